The van der Waals surface area contributed by atoms with E-state index in [9.17, 15) is 13.2 Å². The molecule has 1 aromatic carbocycles. The Morgan fingerprint density at radius 3 is 2.75 bits per heavy atom. The second-order valence-corrected chi connectivity index (χ2v) is 8.85. The molecule has 0 saturated carbocycles. The summed E-state index contributed by atoms with van der Waals surface area (Å²) in [6, 6.07) is 8.66. The number of benzene rings is 1. The summed E-state index contributed by atoms with van der Waals surface area (Å²) in [5.74, 6) is 0.254. The number of amides is 1. The fourth-order valence-electron chi connectivity index (χ4n) is 2.82. The summed E-state index contributed by atoms with van der Waals surface area (Å²) in [6.07, 6.45) is -0.297. The molecule has 2 aliphatic rings. The van der Waals surface area contributed by atoms with Crippen molar-refractivity contribution >= 4 is 38.4 Å². The Morgan fingerprint density at radius 2 is 2.12 bits per heavy atom. The van der Waals surface area contributed by atoms with Gasteiger partial charge in [0.15, 0.2) is 15.0 Å². The lowest BCUT2D eigenvalue weighted by Crippen LogP contribution is -2.37. The monoisotopic (exact) mass is 365 g/mol. The molecular formula is C15H15N3O4S2. The first kappa shape index (κ1) is 16.8. The Labute approximate surface area is 144 Å². The average molecular weight is 365 g/mol. The Bertz CT molecular complexity index is 827. The number of ether oxygens (including phenoxy) is 1. The summed E-state index contributed by atoms with van der Waals surface area (Å²) in [5, 5.41) is 8.92. The van der Waals surface area contributed by atoms with Gasteiger partial charge in [-0.15, -0.1) is 0 Å². The average Bonchev–Trinajstić information content (AvgIpc) is 2.98. The van der Waals surface area contributed by atoms with Gasteiger partial charge in [-0.3, -0.25) is 4.79 Å². The predicted molar refractivity (Wildman–Crippen MR) is 92.0 cm³/mol. The minimum Gasteiger partial charge on any atom is -0.497 e. The number of anilines is 1. The number of carbonyl (C=O) groups excluding carboxylic acids is 1. The van der Waals surface area contributed by atoms with Crippen LogP contribution >= 0.6 is 11.8 Å². The zero-order valence-corrected chi connectivity index (χ0v) is 14.5. The van der Waals surface area contributed by atoms with Gasteiger partial charge < -0.3 is 9.64 Å². The van der Waals surface area contributed by atoms with Gasteiger partial charge in [-0.2, -0.15) is 10.3 Å². The van der Waals surface area contributed by atoms with Gasteiger partial charge in [0, 0.05) is 10.9 Å². The summed E-state index contributed by atoms with van der Waals surface area (Å²) < 4.78 is 29.0. The molecule has 7 nitrogen and oxygen atoms in total. The molecule has 9 heteroatoms. The number of hydrogen-bond donors (Lipinski definition) is 0. The number of amidine groups is 1. The zero-order valence-electron chi connectivity index (χ0n) is 12.9. The third-order valence-corrected chi connectivity index (χ3v) is 7.08. The van der Waals surface area contributed by atoms with E-state index in [-0.39, 0.29) is 29.2 Å². The number of fused-ring (bicyclic) bond motifs is 1. The molecule has 2 atom stereocenters. The summed E-state index contributed by atoms with van der Waals surface area (Å²) >= 11 is 1.29. The van der Waals surface area contributed by atoms with Crippen molar-refractivity contribution in [1.29, 1.82) is 5.26 Å². The highest BCUT2D eigenvalue weighted by Crippen LogP contribution is 2.41. The largest absolute Gasteiger partial charge is 0.497 e. The van der Waals surface area contributed by atoms with Crippen LogP contribution in [0.25, 0.3) is 0 Å². The second-order valence-electron chi connectivity index (χ2n) is 5.49. The first-order valence-corrected chi connectivity index (χ1v) is 9.92. The molecule has 3 rings (SSSR count). The van der Waals surface area contributed by atoms with Gasteiger partial charge in [0.05, 0.1) is 30.7 Å². The minimum atomic E-state index is -3.10. The summed E-state index contributed by atoms with van der Waals surface area (Å²) in [7, 11) is -1.54. The number of nitrogens with zero attached hydrogens (tertiary/aromatic N) is 3. The van der Waals surface area contributed by atoms with E-state index < -0.39 is 15.7 Å². The van der Waals surface area contributed by atoms with Crippen molar-refractivity contribution in [1.82, 2.24) is 0 Å². The van der Waals surface area contributed by atoms with Crippen LogP contribution in [0, 0.1) is 11.3 Å². The van der Waals surface area contributed by atoms with Gasteiger partial charge in [0.2, 0.25) is 0 Å². The number of carbonyl (C=O) groups is 1. The van der Waals surface area contributed by atoms with Gasteiger partial charge in [-0.1, -0.05) is 11.8 Å². The molecule has 1 aromatic rings. The SMILES string of the molecule is COc1ccc(N2C(=NC(=O)CC#N)SC3CS(=O)(=O)CC32)cc1. The molecule has 2 saturated heterocycles. The number of methoxy groups -OCH3 is 1. The van der Waals surface area contributed by atoms with E-state index in [4.69, 9.17) is 10.00 Å². The van der Waals surface area contributed by atoms with Crippen LogP contribution in [0.2, 0.25) is 0 Å². The van der Waals surface area contributed by atoms with Crippen LogP contribution in [0.4, 0.5) is 5.69 Å². The number of sulfone groups is 1. The molecule has 2 unspecified atom stereocenters. The fourth-order valence-corrected chi connectivity index (χ4v) is 6.75. The smallest absolute Gasteiger partial charge is 0.262 e. The number of aliphatic imine (C=N–C) groups is 1. The van der Waals surface area contributed by atoms with E-state index in [2.05, 4.69) is 4.99 Å². The highest BCUT2D eigenvalue weighted by Gasteiger charge is 2.49. The lowest BCUT2D eigenvalue weighted by atomic mass is 10.2. The van der Waals surface area contributed by atoms with Crippen LogP contribution in [0.1, 0.15) is 6.42 Å². The molecule has 2 aliphatic heterocycles. The zero-order chi connectivity index (χ0) is 17.3. The van der Waals surface area contributed by atoms with Crippen molar-refractivity contribution in [3.05, 3.63) is 24.3 Å². The van der Waals surface area contributed by atoms with Gasteiger partial charge in [0.25, 0.3) is 5.91 Å². The summed E-state index contributed by atoms with van der Waals surface area (Å²) in [6.45, 7) is 0. The van der Waals surface area contributed by atoms with E-state index >= 15 is 0 Å². The second kappa shape index (κ2) is 6.45. The Kier molecular flexibility index (Phi) is 4.51. The topological polar surface area (TPSA) is 99.8 Å². The van der Waals surface area contributed by atoms with Gasteiger partial charge in [-0.25, -0.2) is 8.42 Å². The van der Waals surface area contributed by atoms with Crippen LogP contribution in [0.5, 0.6) is 5.75 Å². The van der Waals surface area contributed by atoms with E-state index in [1.165, 1.54) is 11.8 Å². The number of rotatable bonds is 3. The van der Waals surface area contributed by atoms with Crippen molar-refractivity contribution in [3.8, 4) is 11.8 Å². The molecule has 2 fully saturated rings. The molecule has 0 radical (unpaired) electrons. The highest BCUT2D eigenvalue weighted by atomic mass is 32.2. The molecule has 126 valence electrons. The lowest BCUT2D eigenvalue weighted by molar-refractivity contribution is -0.116. The maximum absolute atomic E-state index is 11.9. The van der Waals surface area contributed by atoms with Crippen LogP contribution < -0.4 is 9.64 Å². The third kappa shape index (κ3) is 3.25. The van der Waals surface area contributed by atoms with E-state index in [1.807, 2.05) is 0 Å². The van der Waals surface area contributed by atoms with E-state index in [0.717, 1.165) is 5.69 Å². The molecule has 24 heavy (non-hydrogen) atoms. The summed E-state index contributed by atoms with van der Waals surface area (Å²) in [5.41, 5.74) is 0.747. The van der Waals surface area contributed by atoms with Gasteiger partial charge >= 0.3 is 0 Å². The first-order chi connectivity index (χ1) is 11.4. The van der Waals surface area contributed by atoms with Crippen LogP contribution in [-0.2, 0) is 14.6 Å². The third-order valence-electron chi connectivity index (χ3n) is 3.87. The van der Waals surface area contributed by atoms with E-state index in [1.54, 1.807) is 42.3 Å². The Morgan fingerprint density at radius 1 is 1.42 bits per heavy atom. The first-order valence-electron chi connectivity index (χ1n) is 7.22. The molecule has 0 bridgehead atoms. The fraction of sp³-hybridized carbons (Fsp3) is 0.400. The molecule has 1 amide bonds. The van der Waals surface area contributed by atoms with Crippen molar-refractivity contribution in [2.75, 3.05) is 23.5 Å². The summed E-state index contributed by atoms with van der Waals surface area (Å²) in [4.78, 5) is 17.5. The van der Waals surface area contributed by atoms with Crippen LogP contribution in [0.3, 0.4) is 0 Å². The molecule has 0 spiro atoms. The molecule has 0 aromatic heterocycles. The molecule has 0 N–H and O–H groups in total. The van der Waals surface area contributed by atoms with Crippen molar-refractivity contribution < 1.29 is 17.9 Å². The molecule has 0 aliphatic carbocycles. The van der Waals surface area contributed by atoms with Crippen molar-refractivity contribution in [3.63, 3.8) is 0 Å². The van der Waals surface area contributed by atoms with Gasteiger partial charge in [0.1, 0.15) is 12.2 Å². The van der Waals surface area contributed by atoms with E-state index in [0.29, 0.717) is 10.9 Å². The lowest BCUT2D eigenvalue weighted by Gasteiger charge is -2.24. The predicted octanol–water partition coefficient (Wildman–Crippen LogP) is 1.21. The van der Waals surface area contributed by atoms with Gasteiger partial charge in [-0.05, 0) is 24.3 Å². The van der Waals surface area contributed by atoms with Crippen molar-refractivity contribution in [2.45, 2.75) is 17.7 Å². The Hall–Kier alpha value is -2.05. The van der Waals surface area contributed by atoms with Crippen molar-refractivity contribution in [2.24, 2.45) is 4.99 Å². The maximum atomic E-state index is 11.9. The quantitative estimate of drug-likeness (QED) is 0.793. The number of nitriles is 1. The standard InChI is InChI=1S/C15H15N3O4S2/c1-22-11-4-2-10(3-5-11)18-12-8-24(20,21)9-13(12)23-15(18)17-14(19)6-7-16/h2-5,12-13H,6,8-9H2,1H3. The highest BCUT2D eigenvalue weighted by molar-refractivity contribution is 8.16. The minimum absolute atomic E-state index is 0.0299. The number of hydrogen-bond acceptors (Lipinski definition) is 6. The van der Waals surface area contributed by atoms with Crippen LogP contribution in [0.15, 0.2) is 29.3 Å². The van der Waals surface area contributed by atoms with Crippen LogP contribution in [-0.4, -0.2) is 49.4 Å². The molecular weight excluding hydrogens is 350 g/mol. The normalized spacial score (nSPS) is 26.2. The Balaban J connectivity index is 1.97. The number of thioether (sulfide) groups is 1. The maximum Gasteiger partial charge on any atom is 0.262 e. The molecule has 2 heterocycles.